The van der Waals surface area contributed by atoms with Crippen LogP contribution in [0, 0.1) is 0 Å². The molecule has 0 amide bonds. The monoisotopic (exact) mass is 521 g/mol. The number of rotatable bonds is 5. The van der Waals surface area contributed by atoms with Crippen LogP contribution in [0.4, 0.5) is 11.8 Å². The lowest BCUT2D eigenvalue weighted by atomic mass is 9.91. The van der Waals surface area contributed by atoms with E-state index in [0.29, 0.717) is 45.0 Å². The van der Waals surface area contributed by atoms with Crippen molar-refractivity contribution >= 4 is 40.0 Å². The van der Waals surface area contributed by atoms with Gasteiger partial charge < -0.3 is 19.7 Å². The van der Waals surface area contributed by atoms with Crippen LogP contribution in [0.5, 0.6) is 11.5 Å². The third-order valence-corrected chi connectivity index (χ3v) is 7.18. The van der Waals surface area contributed by atoms with Gasteiger partial charge in [0.15, 0.2) is 23.0 Å². The molecule has 11 nitrogen and oxygen atoms in total. The molecule has 1 saturated carbocycles. The van der Waals surface area contributed by atoms with Crippen molar-refractivity contribution in [2.45, 2.75) is 57.6 Å². The van der Waals surface area contributed by atoms with E-state index in [1.807, 2.05) is 22.4 Å². The van der Waals surface area contributed by atoms with Gasteiger partial charge in [-0.3, -0.25) is 9.67 Å². The summed E-state index contributed by atoms with van der Waals surface area (Å²) in [6, 6.07) is 1.99. The first-order valence-electron chi connectivity index (χ1n) is 12.2. The number of aryl methyl sites for hydroxylation is 1. The smallest absolute Gasteiger partial charge is 0.210 e. The molecule has 1 aliphatic carbocycles. The lowest BCUT2D eigenvalue weighted by molar-refractivity contribution is 0.127. The van der Waals surface area contributed by atoms with Crippen LogP contribution >= 0.6 is 11.6 Å². The van der Waals surface area contributed by atoms with Gasteiger partial charge in [-0.2, -0.15) is 15.2 Å². The van der Waals surface area contributed by atoms with E-state index in [4.69, 9.17) is 21.4 Å². The molecule has 2 N–H and O–H groups in total. The van der Waals surface area contributed by atoms with Gasteiger partial charge >= 0.3 is 0 Å². The van der Waals surface area contributed by atoms with Crippen molar-refractivity contribution in [1.82, 2.24) is 38.9 Å². The van der Waals surface area contributed by atoms with Crippen LogP contribution in [0.25, 0.3) is 16.7 Å². The van der Waals surface area contributed by atoms with Crippen LogP contribution in [-0.2, 0) is 12.5 Å². The molecular weight excluding hydrogens is 494 g/mol. The summed E-state index contributed by atoms with van der Waals surface area (Å²) in [5.41, 5.74) is 2.72. The highest BCUT2D eigenvalue weighted by Crippen LogP contribution is 2.38. The number of halogens is 1. The zero-order valence-electron chi connectivity index (χ0n) is 21.1. The third kappa shape index (κ3) is 4.08. The SMILES string of the molecule is Cn1c(Nc2cc(C(C)(C)C)n(C3CCCC3O)n2)nc2ncc(Oc3cnn4ccncc34)c(Cl)c21. The molecule has 0 radical (unpaired) electrons. The zero-order valence-corrected chi connectivity index (χ0v) is 21.8. The van der Waals surface area contributed by atoms with Gasteiger partial charge in [-0.05, 0) is 19.3 Å². The maximum Gasteiger partial charge on any atom is 0.210 e. The number of hydrogen-bond donors (Lipinski definition) is 2. The molecule has 12 heteroatoms. The summed E-state index contributed by atoms with van der Waals surface area (Å²) in [5, 5.41) is 23.3. The van der Waals surface area contributed by atoms with Gasteiger partial charge in [0.25, 0.3) is 0 Å². The quantitative estimate of drug-likeness (QED) is 0.339. The van der Waals surface area contributed by atoms with Crippen molar-refractivity contribution in [1.29, 1.82) is 0 Å². The number of hydrogen-bond acceptors (Lipinski definition) is 8. The number of ether oxygens (including phenoxy) is 1. The Morgan fingerprint density at radius 3 is 2.76 bits per heavy atom. The molecule has 2 atom stereocenters. The summed E-state index contributed by atoms with van der Waals surface area (Å²) in [6.07, 6.45) is 10.5. The van der Waals surface area contributed by atoms with Crippen LogP contribution in [0.2, 0.25) is 5.02 Å². The fraction of sp³-hybridized carbons (Fsp3) is 0.400. The van der Waals surface area contributed by atoms with Crippen molar-refractivity contribution in [3.05, 3.63) is 47.8 Å². The molecule has 37 heavy (non-hydrogen) atoms. The van der Waals surface area contributed by atoms with Crippen molar-refractivity contribution in [2.24, 2.45) is 7.05 Å². The van der Waals surface area contributed by atoms with Gasteiger partial charge in [-0.1, -0.05) is 32.4 Å². The van der Waals surface area contributed by atoms with Gasteiger partial charge in [-0.25, -0.2) is 9.50 Å². The topological polar surface area (TPSA) is 120 Å². The molecule has 5 aromatic rings. The number of imidazole rings is 1. The Bertz CT molecular complexity index is 1610. The van der Waals surface area contributed by atoms with Crippen molar-refractivity contribution in [3.63, 3.8) is 0 Å². The number of nitrogens with one attached hydrogen (secondary N) is 1. The number of aliphatic hydroxyl groups is 1. The molecule has 0 bridgehead atoms. The highest BCUT2D eigenvalue weighted by molar-refractivity contribution is 6.36. The van der Waals surface area contributed by atoms with E-state index >= 15 is 0 Å². The van der Waals surface area contributed by atoms with E-state index in [-0.39, 0.29) is 11.5 Å². The van der Waals surface area contributed by atoms with Crippen molar-refractivity contribution in [3.8, 4) is 11.5 Å². The van der Waals surface area contributed by atoms with E-state index in [0.717, 1.165) is 25.0 Å². The predicted octanol–water partition coefficient (Wildman–Crippen LogP) is 4.78. The van der Waals surface area contributed by atoms with Crippen LogP contribution in [0.15, 0.2) is 37.1 Å². The number of fused-ring (bicyclic) bond motifs is 2. The van der Waals surface area contributed by atoms with Crippen LogP contribution in [-0.4, -0.2) is 50.1 Å². The molecule has 6 rings (SSSR count). The lowest BCUT2D eigenvalue weighted by Gasteiger charge is -2.25. The largest absolute Gasteiger partial charge is 0.450 e. The fourth-order valence-electron chi connectivity index (χ4n) is 4.89. The minimum Gasteiger partial charge on any atom is -0.450 e. The Morgan fingerprint density at radius 1 is 1.16 bits per heavy atom. The van der Waals surface area contributed by atoms with E-state index in [1.54, 1.807) is 35.5 Å². The van der Waals surface area contributed by atoms with E-state index in [2.05, 4.69) is 46.1 Å². The summed E-state index contributed by atoms with van der Waals surface area (Å²) in [5.74, 6) is 2.09. The molecule has 1 fully saturated rings. The van der Waals surface area contributed by atoms with Crippen molar-refractivity contribution in [2.75, 3.05) is 5.32 Å². The van der Waals surface area contributed by atoms with Crippen LogP contribution in [0.3, 0.4) is 0 Å². The number of pyridine rings is 1. The summed E-state index contributed by atoms with van der Waals surface area (Å²) in [6.45, 7) is 6.43. The standard InChI is InChI=1S/C25H28ClN9O2/c1-25(2,3)19-10-20(32-35(19)14-6-5-7-16(14)36)30-24-31-23-22(33(24)4)21(26)18(12-28-23)37-17-13-29-34-9-8-27-11-15(17)34/h8-14,16,36H,5-7H2,1-4H3,(H,28,30,31,32). The number of nitrogens with zero attached hydrogens (tertiary/aromatic N) is 8. The first-order valence-corrected chi connectivity index (χ1v) is 12.6. The second-order valence-corrected chi connectivity index (χ2v) is 10.8. The number of aromatic nitrogens is 8. The first kappa shape index (κ1) is 23.7. The molecule has 0 aliphatic heterocycles. The van der Waals surface area contributed by atoms with E-state index < -0.39 is 6.10 Å². The highest BCUT2D eigenvalue weighted by Gasteiger charge is 2.32. The second-order valence-electron chi connectivity index (χ2n) is 10.4. The number of aliphatic hydroxyl groups excluding tert-OH is 1. The van der Waals surface area contributed by atoms with Gasteiger partial charge in [0, 0.05) is 36.6 Å². The lowest BCUT2D eigenvalue weighted by Crippen LogP contribution is -2.26. The van der Waals surface area contributed by atoms with Gasteiger partial charge in [0.05, 0.1) is 30.7 Å². The minimum atomic E-state index is -0.394. The first-order chi connectivity index (χ1) is 17.7. The molecule has 5 aromatic heterocycles. The molecule has 0 spiro atoms. The van der Waals surface area contributed by atoms with Crippen LogP contribution in [0.1, 0.15) is 51.8 Å². The highest BCUT2D eigenvalue weighted by atomic mass is 35.5. The molecule has 5 heterocycles. The Balaban J connectivity index is 1.34. The normalized spacial score (nSPS) is 18.2. The second kappa shape index (κ2) is 8.70. The molecule has 192 valence electrons. The number of anilines is 2. The van der Waals surface area contributed by atoms with E-state index in [1.165, 1.54) is 0 Å². The third-order valence-electron chi connectivity index (χ3n) is 6.82. The van der Waals surface area contributed by atoms with Gasteiger partial charge in [0.2, 0.25) is 5.95 Å². The summed E-state index contributed by atoms with van der Waals surface area (Å²) in [7, 11) is 1.86. The minimum absolute atomic E-state index is 0.0313. The molecule has 2 unspecified atom stereocenters. The molecule has 0 aromatic carbocycles. The van der Waals surface area contributed by atoms with Crippen molar-refractivity contribution < 1.29 is 9.84 Å². The summed E-state index contributed by atoms with van der Waals surface area (Å²) < 4.78 is 11.5. The molecule has 0 saturated heterocycles. The maximum atomic E-state index is 10.5. The Labute approximate surface area is 218 Å². The van der Waals surface area contributed by atoms with Crippen LogP contribution < -0.4 is 10.1 Å². The molecular formula is C25H28ClN9O2. The van der Waals surface area contributed by atoms with E-state index in [9.17, 15) is 5.11 Å². The average molecular weight is 522 g/mol. The van der Waals surface area contributed by atoms with Gasteiger partial charge in [0.1, 0.15) is 16.1 Å². The molecule has 1 aliphatic rings. The maximum absolute atomic E-state index is 10.5. The average Bonchev–Trinajstić information content (AvgIpc) is 3.63. The Hall–Kier alpha value is -3.70. The zero-order chi connectivity index (χ0) is 25.9. The van der Waals surface area contributed by atoms with Gasteiger partial charge in [-0.15, -0.1) is 0 Å². The Kier molecular flexibility index (Phi) is 5.57. The fourth-order valence-corrected chi connectivity index (χ4v) is 5.19. The Morgan fingerprint density at radius 2 is 2.00 bits per heavy atom. The summed E-state index contributed by atoms with van der Waals surface area (Å²) in [4.78, 5) is 13.3. The predicted molar refractivity (Wildman–Crippen MR) is 140 cm³/mol. The summed E-state index contributed by atoms with van der Waals surface area (Å²) >= 11 is 6.78.